The second-order valence-corrected chi connectivity index (χ2v) is 6.32. The van der Waals surface area contributed by atoms with Crippen molar-refractivity contribution < 1.29 is 13.5 Å². The Morgan fingerprint density at radius 1 is 1.28 bits per heavy atom. The number of hydrogen-bond donors (Lipinski definition) is 2. The number of aryl methyl sites for hydroxylation is 1. The van der Waals surface area contributed by atoms with Gasteiger partial charge in [0.2, 0.25) is 10.0 Å². The van der Waals surface area contributed by atoms with Crippen LogP contribution in [0.25, 0.3) is 0 Å². The van der Waals surface area contributed by atoms with E-state index in [1.54, 1.807) is 30.3 Å². The summed E-state index contributed by atoms with van der Waals surface area (Å²) >= 11 is 0. The van der Waals surface area contributed by atoms with Gasteiger partial charge in [0.25, 0.3) is 0 Å². The van der Waals surface area contributed by atoms with Crippen LogP contribution in [0.3, 0.4) is 0 Å². The van der Waals surface area contributed by atoms with Crippen LogP contribution in [0.4, 0.5) is 0 Å². The van der Waals surface area contributed by atoms with Gasteiger partial charge < -0.3 is 5.11 Å². The number of rotatable bonds is 4. The van der Waals surface area contributed by atoms with Gasteiger partial charge in [-0.2, -0.15) is 0 Å². The normalized spacial score (nSPS) is 23.4. The van der Waals surface area contributed by atoms with Crippen molar-refractivity contribution in [1.82, 2.24) is 4.72 Å². The van der Waals surface area contributed by atoms with Gasteiger partial charge in [-0.3, -0.25) is 0 Å². The molecule has 0 fully saturated rings. The van der Waals surface area contributed by atoms with Crippen LogP contribution in [0.5, 0.6) is 0 Å². The number of hydrogen-bond acceptors (Lipinski definition) is 3. The predicted molar refractivity (Wildman–Crippen MR) is 69.6 cm³/mol. The van der Waals surface area contributed by atoms with Crippen molar-refractivity contribution >= 4 is 10.0 Å². The topological polar surface area (TPSA) is 66.4 Å². The Morgan fingerprint density at radius 2 is 1.94 bits per heavy atom. The highest BCUT2D eigenvalue weighted by Crippen LogP contribution is 2.19. The van der Waals surface area contributed by atoms with Crippen molar-refractivity contribution in [3.63, 3.8) is 0 Å². The van der Waals surface area contributed by atoms with Gasteiger partial charge in [0, 0.05) is 18.6 Å². The smallest absolute Gasteiger partial charge is 0.241 e. The van der Waals surface area contributed by atoms with Crippen LogP contribution in [0, 0.1) is 12.8 Å². The Morgan fingerprint density at radius 3 is 2.50 bits per heavy atom. The number of aliphatic hydroxyl groups is 1. The maximum atomic E-state index is 12.1. The van der Waals surface area contributed by atoms with Crippen LogP contribution in [0.1, 0.15) is 12.0 Å². The molecule has 98 valence electrons. The Kier molecular flexibility index (Phi) is 3.85. The van der Waals surface area contributed by atoms with E-state index in [9.17, 15) is 8.42 Å². The molecule has 1 aromatic carbocycles. The first-order valence-corrected chi connectivity index (χ1v) is 7.38. The lowest BCUT2D eigenvalue weighted by atomic mass is 10.1. The Balaban J connectivity index is 2.09. The molecule has 5 heteroatoms. The van der Waals surface area contributed by atoms with Gasteiger partial charge in [0.15, 0.2) is 0 Å². The van der Waals surface area contributed by atoms with Gasteiger partial charge in [0.05, 0.1) is 4.90 Å². The van der Waals surface area contributed by atoms with Gasteiger partial charge in [0.1, 0.15) is 0 Å². The summed E-state index contributed by atoms with van der Waals surface area (Å²) in [5, 5.41) is 9.00. The highest BCUT2D eigenvalue weighted by atomic mass is 32.2. The third kappa shape index (κ3) is 2.98. The zero-order valence-corrected chi connectivity index (χ0v) is 11.0. The molecule has 0 radical (unpaired) electrons. The van der Waals surface area contributed by atoms with E-state index in [0.717, 1.165) is 5.56 Å². The van der Waals surface area contributed by atoms with Crippen LogP contribution in [-0.4, -0.2) is 26.2 Å². The minimum atomic E-state index is -3.47. The summed E-state index contributed by atoms with van der Waals surface area (Å²) in [4.78, 5) is 0.272. The summed E-state index contributed by atoms with van der Waals surface area (Å²) in [6, 6.07) is 6.51. The fourth-order valence-electron chi connectivity index (χ4n) is 1.98. The standard InChI is InChI=1S/C13H17NO3S/c1-10-2-6-13(7-3-10)18(16,17)14-12-5-4-11(8-12)9-15/h2-7,11-12,14-15H,8-9H2,1H3/t11-,12+/m1/s1. The third-order valence-corrected chi connectivity index (χ3v) is 4.55. The maximum absolute atomic E-state index is 12.1. The van der Waals surface area contributed by atoms with E-state index in [2.05, 4.69) is 4.72 Å². The highest BCUT2D eigenvalue weighted by Gasteiger charge is 2.23. The first kappa shape index (κ1) is 13.3. The lowest BCUT2D eigenvalue weighted by Gasteiger charge is -2.13. The van der Waals surface area contributed by atoms with Gasteiger partial charge in [-0.05, 0) is 25.5 Å². The molecular formula is C13H17NO3S. The molecule has 2 rings (SSSR count). The predicted octanol–water partition coefficient (Wildman–Crippen LogP) is 1.21. The van der Waals surface area contributed by atoms with E-state index in [0.29, 0.717) is 6.42 Å². The van der Waals surface area contributed by atoms with Crippen molar-refractivity contribution in [2.45, 2.75) is 24.3 Å². The van der Waals surface area contributed by atoms with E-state index < -0.39 is 10.0 Å². The van der Waals surface area contributed by atoms with Crippen LogP contribution < -0.4 is 4.72 Å². The second kappa shape index (κ2) is 5.22. The molecule has 0 bridgehead atoms. The Bertz CT molecular complexity index is 534. The second-order valence-electron chi connectivity index (χ2n) is 4.60. The van der Waals surface area contributed by atoms with Gasteiger partial charge in [-0.15, -0.1) is 0 Å². The molecule has 0 amide bonds. The quantitative estimate of drug-likeness (QED) is 0.806. The van der Waals surface area contributed by atoms with Crippen molar-refractivity contribution in [3.05, 3.63) is 42.0 Å². The lowest BCUT2D eigenvalue weighted by Crippen LogP contribution is -2.32. The lowest BCUT2D eigenvalue weighted by molar-refractivity contribution is 0.248. The zero-order valence-electron chi connectivity index (χ0n) is 10.2. The molecule has 1 aliphatic rings. The molecule has 4 nitrogen and oxygen atoms in total. The minimum Gasteiger partial charge on any atom is -0.396 e. The van der Waals surface area contributed by atoms with Gasteiger partial charge in [-0.1, -0.05) is 29.8 Å². The highest BCUT2D eigenvalue weighted by molar-refractivity contribution is 7.89. The fourth-order valence-corrected chi connectivity index (χ4v) is 3.19. The molecule has 0 saturated carbocycles. The van der Waals surface area contributed by atoms with E-state index in [4.69, 9.17) is 5.11 Å². The van der Waals surface area contributed by atoms with Crippen LogP contribution in [-0.2, 0) is 10.0 Å². The SMILES string of the molecule is Cc1ccc(S(=O)(=O)N[C@H]2C=C[C@@H](CO)C2)cc1. The average molecular weight is 267 g/mol. The van der Waals surface area contributed by atoms with Gasteiger partial charge >= 0.3 is 0 Å². The maximum Gasteiger partial charge on any atom is 0.241 e. The van der Waals surface area contributed by atoms with Crippen LogP contribution in [0.2, 0.25) is 0 Å². The molecule has 0 aromatic heterocycles. The number of benzene rings is 1. The monoisotopic (exact) mass is 267 g/mol. The average Bonchev–Trinajstić information content (AvgIpc) is 2.76. The molecule has 2 atom stereocenters. The molecule has 0 heterocycles. The summed E-state index contributed by atoms with van der Waals surface area (Å²) in [5.41, 5.74) is 1.02. The Labute approximate surface area is 107 Å². The van der Waals surface area contributed by atoms with E-state index >= 15 is 0 Å². The number of sulfonamides is 1. The molecular weight excluding hydrogens is 250 g/mol. The van der Waals surface area contributed by atoms with Crippen molar-refractivity contribution in [3.8, 4) is 0 Å². The van der Waals surface area contributed by atoms with E-state index in [1.807, 2.05) is 13.0 Å². The molecule has 1 aromatic rings. The molecule has 0 unspecified atom stereocenters. The van der Waals surface area contributed by atoms with Crippen LogP contribution in [0.15, 0.2) is 41.3 Å². The van der Waals surface area contributed by atoms with Crippen LogP contribution >= 0.6 is 0 Å². The van der Waals surface area contributed by atoms with E-state index in [-0.39, 0.29) is 23.5 Å². The largest absolute Gasteiger partial charge is 0.396 e. The molecule has 0 saturated heterocycles. The summed E-state index contributed by atoms with van der Waals surface area (Å²) in [5.74, 6) is 0.0516. The molecule has 1 aliphatic carbocycles. The molecule has 2 N–H and O–H groups in total. The van der Waals surface area contributed by atoms with Crippen molar-refractivity contribution in [1.29, 1.82) is 0 Å². The molecule has 0 aliphatic heterocycles. The zero-order chi connectivity index (χ0) is 13.2. The summed E-state index contributed by atoms with van der Waals surface area (Å²) < 4.78 is 26.8. The first-order valence-electron chi connectivity index (χ1n) is 5.89. The Hall–Kier alpha value is -1.17. The summed E-state index contributed by atoms with van der Waals surface area (Å²) in [6.07, 6.45) is 4.26. The third-order valence-electron chi connectivity index (χ3n) is 3.04. The summed E-state index contributed by atoms with van der Waals surface area (Å²) in [6.45, 7) is 1.97. The first-order chi connectivity index (χ1) is 8.51. The molecule has 0 spiro atoms. The van der Waals surface area contributed by atoms with Crippen molar-refractivity contribution in [2.75, 3.05) is 6.61 Å². The fraction of sp³-hybridized carbons (Fsp3) is 0.385. The van der Waals surface area contributed by atoms with Crippen molar-refractivity contribution in [2.24, 2.45) is 5.92 Å². The molecule has 18 heavy (non-hydrogen) atoms. The number of nitrogens with one attached hydrogen (secondary N) is 1. The summed E-state index contributed by atoms with van der Waals surface area (Å²) in [7, 11) is -3.47. The minimum absolute atomic E-state index is 0.0516. The van der Waals surface area contributed by atoms with Gasteiger partial charge in [-0.25, -0.2) is 13.1 Å². The number of aliphatic hydroxyl groups excluding tert-OH is 1. The van der Waals surface area contributed by atoms with E-state index in [1.165, 1.54) is 0 Å².